The number of hydrogen-bond donors (Lipinski definition) is 1. The highest BCUT2D eigenvalue weighted by Crippen LogP contribution is 2.49. The molecule has 1 aliphatic heterocycles. The van der Waals surface area contributed by atoms with E-state index in [1.807, 2.05) is 43.0 Å². The van der Waals surface area contributed by atoms with Gasteiger partial charge in [-0.15, -0.1) is 0 Å². The molecule has 1 heterocycles. The van der Waals surface area contributed by atoms with Gasteiger partial charge in [0.1, 0.15) is 0 Å². The van der Waals surface area contributed by atoms with E-state index >= 15 is 0 Å². The maximum absolute atomic E-state index is 13.3. The van der Waals surface area contributed by atoms with Crippen molar-refractivity contribution in [3.8, 4) is 0 Å². The predicted octanol–water partition coefficient (Wildman–Crippen LogP) is 3.10. The molecule has 1 saturated carbocycles. The molecule has 0 aromatic heterocycles. The summed E-state index contributed by atoms with van der Waals surface area (Å²) in [7, 11) is 1.65. The van der Waals surface area contributed by atoms with E-state index in [9.17, 15) is 9.59 Å². The Hall–Kier alpha value is -1.88. The molecule has 1 aromatic rings. The van der Waals surface area contributed by atoms with Gasteiger partial charge in [-0.3, -0.25) is 9.59 Å². The van der Waals surface area contributed by atoms with Gasteiger partial charge >= 0.3 is 0 Å². The van der Waals surface area contributed by atoms with E-state index in [-0.39, 0.29) is 23.8 Å². The molecule has 1 aliphatic carbocycles. The van der Waals surface area contributed by atoms with Crippen LogP contribution in [0.3, 0.4) is 0 Å². The number of nitrogens with one attached hydrogen (secondary N) is 1. The molecule has 5 nitrogen and oxygen atoms in total. The molecule has 5 heteroatoms. The normalized spacial score (nSPS) is 21.8. The Balaban J connectivity index is 2.13. The van der Waals surface area contributed by atoms with Gasteiger partial charge in [0.05, 0.1) is 18.1 Å². The number of methoxy groups -OCH3 is 1. The van der Waals surface area contributed by atoms with E-state index in [2.05, 4.69) is 5.32 Å². The molecule has 1 atom stereocenters. The van der Waals surface area contributed by atoms with Crippen molar-refractivity contribution in [2.24, 2.45) is 0 Å². The monoisotopic (exact) mass is 358 g/mol. The minimum atomic E-state index is -0.443. The number of amides is 2. The summed E-state index contributed by atoms with van der Waals surface area (Å²) < 4.78 is 5.28. The van der Waals surface area contributed by atoms with Crippen molar-refractivity contribution in [3.63, 3.8) is 0 Å². The lowest BCUT2D eigenvalue weighted by Gasteiger charge is -2.53. The minimum absolute atomic E-state index is 0.0317. The van der Waals surface area contributed by atoms with Crippen molar-refractivity contribution in [1.29, 1.82) is 0 Å². The second kappa shape index (κ2) is 7.78. The lowest BCUT2D eigenvalue weighted by atomic mass is 9.65. The van der Waals surface area contributed by atoms with Crippen LogP contribution in [-0.4, -0.2) is 48.6 Å². The first kappa shape index (κ1) is 18.9. The topological polar surface area (TPSA) is 58.6 Å². The molecule has 26 heavy (non-hydrogen) atoms. The van der Waals surface area contributed by atoms with Gasteiger partial charge in [0.15, 0.2) is 0 Å². The molecule has 1 spiro atoms. The van der Waals surface area contributed by atoms with Crippen LogP contribution < -0.4 is 5.32 Å². The first-order valence-electron chi connectivity index (χ1n) is 9.71. The van der Waals surface area contributed by atoms with Crippen LogP contribution in [-0.2, 0) is 9.53 Å². The largest absolute Gasteiger partial charge is 0.383 e. The molecule has 3 rings (SSSR count). The highest BCUT2D eigenvalue weighted by atomic mass is 16.5. The average Bonchev–Trinajstić information content (AvgIpc) is 2.62. The van der Waals surface area contributed by atoms with Crippen LogP contribution in [0.1, 0.15) is 67.8 Å². The van der Waals surface area contributed by atoms with Crippen molar-refractivity contribution in [1.82, 2.24) is 10.2 Å². The Morgan fingerprint density at radius 2 is 1.96 bits per heavy atom. The van der Waals surface area contributed by atoms with E-state index in [4.69, 9.17) is 4.74 Å². The number of carbonyl (C=O) groups excluding carboxylic acids is 2. The van der Waals surface area contributed by atoms with E-state index < -0.39 is 5.54 Å². The smallest absolute Gasteiger partial charge is 0.254 e. The van der Waals surface area contributed by atoms with Gasteiger partial charge in [-0.1, -0.05) is 37.5 Å². The first-order valence-corrected chi connectivity index (χ1v) is 9.71. The van der Waals surface area contributed by atoms with Gasteiger partial charge in [-0.05, 0) is 38.3 Å². The first-order chi connectivity index (χ1) is 12.5. The molecule has 0 bridgehead atoms. The summed E-state index contributed by atoms with van der Waals surface area (Å²) in [6.45, 7) is 4.96. The van der Waals surface area contributed by atoms with E-state index in [0.29, 0.717) is 18.7 Å². The molecule has 1 N–H and O–H groups in total. The van der Waals surface area contributed by atoms with Crippen molar-refractivity contribution in [2.45, 2.75) is 63.5 Å². The van der Waals surface area contributed by atoms with Crippen LogP contribution in [0.25, 0.3) is 0 Å². The molecule has 0 saturated heterocycles. The van der Waals surface area contributed by atoms with Gasteiger partial charge in [0.2, 0.25) is 5.91 Å². The molecular formula is C21H30N2O3. The highest BCUT2D eigenvalue weighted by molar-refractivity contribution is 6.02. The zero-order chi connectivity index (χ0) is 18.7. The molecule has 1 aromatic carbocycles. The summed E-state index contributed by atoms with van der Waals surface area (Å²) >= 11 is 0. The Morgan fingerprint density at radius 1 is 1.27 bits per heavy atom. The Morgan fingerprint density at radius 3 is 2.62 bits per heavy atom. The zero-order valence-electron chi connectivity index (χ0n) is 16.1. The maximum Gasteiger partial charge on any atom is 0.254 e. The Bertz CT molecular complexity index is 665. The fraction of sp³-hybridized carbons (Fsp3) is 0.619. The third-order valence-corrected chi connectivity index (χ3v) is 5.75. The average molecular weight is 358 g/mol. The van der Waals surface area contributed by atoms with E-state index in [0.717, 1.165) is 37.7 Å². The van der Waals surface area contributed by atoms with Gasteiger partial charge in [-0.25, -0.2) is 0 Å². The minimum Gasteiger partial charge on any atom is -0.383 e. The number of nitrogens with zero attached hydrogens (tertiary/aromatic N) is 1. The second-order valence-corrected chi connectivity index (χ2v) is 7.80. The van der Waals surface area contributed by atoms with Crippen LogP contribution in [0, 0.1) is 0 Å². The molecule has 2 aliphatic rings. The van der Waals surface area contributed by atoms with Gasteiger partial charge in [0, 0.05) is 25.3 Å². The van der Waals surface area contributed by atoms with Gasteiger partial charge < -0.3 is 15.0 Å². The van der Waals surface area contributed by atoms with Gasteiger partial charge in [-0.2, -0.15) is 0 Å². The van der Waals surface area contributed by atoms with Crippen molar-refractivity contribution >= 4 is 11.8 Å². The van der Waals surface area contributed by atoms with E-state index in [1.165, 1.54) is 0 Å². The zero-order valence-corrected chi connectivity index (χ0v) is 16.1. The van der Waals surface area contributed by atoms with Crippen LogP contribution in [0.15, 0.2) is 24.3 Å². The van der Waals surface area contributed by atoms with Gasteiger partial charge in [0.25, 0.3) is 5.91 Å². The lowest BCUT2D eigenvalue weighted by Crippen LogP contribution is -2.63. The molecule has 0 unspecified atom stereocenters. The molecule has 142 valence electrons. The van der Waals surface area contributed by atoms with Crippen LogP contribution in [0.4, 0.5) is 0 Å². The Kier molecular flexibility index (Phi) is 5.66. The predicted molar refractivity (Wildman–Crippen MR) is 101 cm³/mol. The maximum atomic E-state index is 13.3. The lowest BCUT2D eigenvalue weighted by molar-refractivity contribution is -0.128. The van der Waals surface area contributed by atoms with E-state index in [1.54, 1.807) is 7.11 Å². The van der Waals surface area contributed by atoms with Crippen LogP contribution >= 0.6 is 0 Å². The number of benzene rings is 1. The number of carbonyl (C=O) groups is 2. The van der Waals surface area contributed by atoms with Crippen molar-refractivity contribution in [3.05, 3.63) is 35.4 Å². The number of rotatable bonds is 5. The van der Waals surface area contributed by atoms with Crippen LogP contribution in [0.5, 0.6) is 0 Å². The van der Waals surface area contributed by atoms with Crippen LogP contribution in [0.2, 0.25) is 0 Å². The number of ether oxygens (including phenoxy) is 1. The van der Waals surface area contributed by atoms with Crippen molar-refractivity contribution < 1.29 is 14.3 Å². The summed E-state index contributed by atoms with van der Waals surface area (Å²) in [5.74, 6) is -0.256. The Labute approximate surface area is 156 Å². The van der Waals surface area contributed by atoms with Crippen molar-refractivity contribution in [2.75, 3.05) is 20.3 Å². The summed E-state index contributed by atoms with van der Waals surface area (Å²) in [6, 6.07) is 7.69. The quantitative estimate of drug-likeness (QED) is 0.880. The molecule has 1 fully saturated rings. The molecule has 0 radical (unpaired) electrons. The summed E-state index contributed by atoms with van der Waals surface area (Å²) in [5, 5.41) is 3.11. The summed E-state index contributed by atoms with van der Waals surface area (Å²) in [6.07, 6.45) is 4.99. The molecule has 2 amide bonds. The third kappa shape index (κ3) is 3.25. The SMILES string of the molecule is COCCN1C(=O)c2ccccc2[C@H](C(=O)NC(C)C)C12CCCCC2. The summed E-state index contributed by atoms with van der Waals surface area (Å²) in [5.41, 5.74) is 1.09. The summed E-state index contributed by atoms with van der Waals surface area (Å²) in [4.78, 5) is 28.6. The number of fused-ring (bicyclic) bond motifs is 1. The third-order valence-electron chi connectivity index (χ3n) is 5.75. The number of hydrogen-bond acceptors (Lipinski definition) is 3. The molecular weight excluding hydrogens is 328 g/mol. The fourth-order valence-electron chi connectivity index (χ4n) is 4.72. The second-order valence-electron chi connectivity index (χ2n) is 7.80. The fourth-order valence-corrected chi connectivity index (χ4v) is 4.72. The highest BCUT2D eigenvalue weighted by Gasteiger charge is 2.54. The standard InChI is InChI=1S/C21H30N2O3/c1-15(2)22-19(24)18-16-9-5-6-10-17(16)20(25)23(13-14-26-3)21(18)11-7-4-8-12-21/h5-6,9-10,15,18H,4,7-8,11-14H2,1-3H3,(H,22,24)/t18-/m1/s1.